The molecule has 1 amide bonds. The highest BCUT2D eigenvalue weighted by molar-refractivity contribution is 6.32. The minimum atomic E-state index is -0.592. The van der Waals surface area contributed by atoms with Crippen LogP contribution in [0.25, 0.3) is 0 Å². The minimum Gasteiger partial charge on any atom is -0.479 e. The first-order chi connectivity index (χ1) is 12.6. The number of hydrogen-bond donors (Lipinski definition) is 1. The van der Waals surface area contributed by atoms with E-state index in [4.69, 9.17) is 16.3 Å². The van der Waals surface area contributed by atoms with E-state index in [1.807, 2.05) is 43.3 Å². The van der Waals surface area contributed by atoms with Crippen molar-refractivity contribution in [3.63, 3.8) is 0 Å². The van der Waals surface area contributed by atoms with E-state index >= 15 is 0 Å². The Balaban J connectivity index is 1.98. The number of amides is 1. The number of para-hydroxylation sites is 1. The van der Waals surface area contributed by atoms with Crippen molar-refractivity contribution in [2.24, 2.45) is 0 Å². The summed E-state index contributed by atoms with van der Waals surface area (Å²) in [6, 6.07) is 15.1. The van der Waals surface area contributed by atoms with E-state index in [2.05, 4.69) is 24.1 Å². The zero-order valence-electron chi connectivity index (χ0n) is 15.7. The van der Waals surface area contributed by atoms with E-state index in [9.17, 15) is 4.79 Å². The first-order valence-corrected chi connectivity index (χ1v) is 9.48. The molecule has 0 fully saturated rings. The minimum absolute atomic E-state index is 0.177. The maximum Gasteiger partial charge on any atom is 0.265 e. The molecule has 0 aromatic heterocycles. The molecule has 2 aromatic rings. The number of benzene rings is 2. The number of nitrogens with one attached hydrogen (secondary N) is 1. The van der Waals surface area contributed by atoms with Crippen molar-refractivity contribution in [2.45, 2.75) is 39.8 Å². The van der Waals surface area contributed by atoms with Gasteiger partial charge in [-0.1, -0.05) is 56.6 Å². The van der Waals surface area contributed by atoms with Gasteiger partial charge in [0.15, 0.2) is 6.10 Å². The lowest BCUT2D eigenvalue weighted by atomic mass is 10.2. The maximum atomic E-state index is 12.5. The molecule has 0 aliphatic heterocycles. The number of hydrogen-bond acceptors (Lipinski definition) is 3. The molecule has 4 nitrogen and oxygen atoms in total. The van der Waals surface area contributed by atoms with Crippen molar-refractivity contribution >= 4 is 23.2 Å². The van der Waals surface area contributed by atoms with Crippen molar-refractivity contribution in [1.82, 2.24) is 4.90 Å². The second-order valence-electron chi connectivity index (χ2n) is 6.09. The van der Waals surface area contributed by atoms with Gasteiger partial charge in [-0.2, -0.15) is 0 Å². The van der Waals surface area contributed by atoms with Gasteiger partial charge in [0, 0.05) is 12.2 Å². The van der Waals surface area contributed by atoms with Crippen LogP contribution in [0.3, 0.4) is 0 Å². The summed E-state index contributed by atoms with van der Waals surface area (Å²) >= 11 is 6.11. The molecule has 2 aromatic carbocycles. The van der Waals surface area contributed by atoms with Crippen LogP contribution in [-0.2, 0) is 11.3 Å². The predicted molar refractivity (Wildman–Crippen MR) is 108 cm³/mol. The number of ether oxygens (including phenoxy) is 1. The normalized spacial score (nSPS) is 12.0. The Bertz CT molecular complexity index is 699. The molecule has 0 saturated heterocycles. The number of nitrogens with zero attached hydrogens (tertiary/aromatic N) is 1. The van der Waals surface area contributed by atoms with Gasteiger partial charge in [0.25, 0.3) is 5.91 Å². The molecule has 0 bridgehead atoms. The summed E-state index contributed by atoms with van der Waals surface area (Å²) in [6.07, 6.45) is -0.0397. The van der Waals surface area contributed by atoms with Crippen molar-refractivity contribution in [1.29, 1.82) is 0 Å². The summed E-state index contributed by atoms with van der Waals surface area (Å²) in [6.45, 7) is 9.17. The molecule has 0 radical (unpaired) electrons. The Kier molecular flexibility index (Phi) is 7.95. The molecule has 0 heterocycles. The first-order valence-electron chi connectivity index (χ1n) is 9.10. The van der Waals surface area contributed by atoms with Crippen molar-refractivity contribution in [2.75, 3.05) is 18.4 Å². The molecule has 140 valence electrons. The summed E-state index contributed by atoms with van der Waals surface area (Å²) < 4.78 is 5.78. The van der Waals surface area contributed by atoms with Crippen LogP contribution < -0.4 is 10.1 Å². The van der Waals surface area contributed by atoms with Crippen LogP contribution >= 0.6 is 11.6 Å². The second kappa shape index (κ2) is 10.2. The van der Waals surface area contributed by atoms with Crippen LogP contribution in [0.5, 0.6) is 5.75 Å². The number of halogens is 1. The average molecular weight is 375 g/mol. The van der Waals surface area contributed by atoms with Crippen molar-refractivity contribution < 1.29 is 9.53 Å². The van der Waals surface area contributed by atoms with Crippen LogP contribution in [0.2, 0.25) is 5.02 Å². The summed E-state index contributed by atoms with van der Waals surface area (Å²) in [5.41, 5.74) is 1.99. The molecule has 1 N–H and O–H groups in total. The number of rotatable bonds is 9. The largest absolute Gasteiger partial charge is 0.479 e. The number of carbonyl (C=O) groups is 1. The molecule has 5 heteroatoms. The van der Waals surface area contributed by atoms with Crippen molar-refractivity contribution in [3.8, 4) is 5.75 Å². The monoisotopic (exact) mass is 374 g/mol. The van der Waals surface area contributed by atoms with E-state index in [-0.39, 0.29) is 5.91 Å². The van der Waals surface area contributed by atoms with E-state index in [0.29, 0.717) is 17.2 Å². The van der Waals surface area contributed by atoms with Gasteiger partial charge in [-0.3, -0.25) is 9.69 Å². The van der Waals surface area contributed by atoms with Crippen LogP contribution in [-0.4, -0.2) is 30.0 Å². The number of carbonyl (C=O) groups excluding carboxylic acids is 1. The molecule has 0 aliphatic rings. The van der Waals surface area contributed by atoms with Gasteiger partial charge in [0.1, 0.15) is 5.75 Å². The zero-order valence-corrected chi connectivity index (χ0v) is 16.4. The topological polar surface area (TPSA) is 41.6 Å². The smallest absolute Gasteiger partial charge is 0.265 e. The fraction of sp³-hybridized carbons (Fsp3) is 0.381. The highest BCUT2D eigenvalue weighted by Crippen LogP contribution is 2.25. The van der Waals surface area contributed by atoms with Crippen LogP contribution in [0.15, 0.2) is 48.5 Å². The fourth-order valence-electron chi connectivity index (χ4n) is 2.64. The van der Waals surface area contributed by atoms with Gasteiger partial charge in [0.05, 0.1) is 5.02 Å². The summed E-state index contributed by atoms with van der Waals surface area (Å²) in [7, 11) is 0. The summed E-state index contributed by atoms with van der Waals surface area (Å²) in [5.74, 6) is 0.342. The number of anilines is 1. The molecule has 0 unspecified atom stereocenters. The Labute approximate surface area is 161 Å². The molecular weight excluding hydrogens is 348 g/mol. The van der Waals surface area contributed by atoms with Gasteiger partial charge in [-0.25, -0.2) is 0 Å². The zero-order chi connectivity index (χ0) is 18.9. The molecule has 26 heavy (non-hydrogen) atoms. The highest BCUT2D eigenvalue weighted by atomic mass is 35.5. The lowest BCUT2D eigenvalue weighted by Crippen LogP contribution is -2.32. The quantitative estimate of drug-likeness (QED) is 0.673. The SMILES string of the molecule is CC[C@@H](Oc1ccccc1Cl)C(=O)Nc1ccc(CN(CC)CC)cc1. The lowest BCUT2D eigenvalue weighted by Gasteiger charge is -2.19. The Morgan fingerprint density at radius 2 is 1.73 bits per heavy atom. The molecule has 0 aliphatic carbocycles. The Morgan fingerprint density at radius 3 is 2.31 bits per heavy atom. The summed E-state index contributed by atoms with van der Waals surface area (Å²) in [4.78, 5) is 14.9. The third-order valence-electron chi connectivity index (χ3n) is 4.29. The average Bonchev–Trinajstić information content (AvgIpc) is 2.66. The van der Waals surface area contributed by atoms with Gasteiger partial charge < -0.3 is 10.1 Å². The highest BCUT2D eigenvalue weighted by Gasteiger charge is 2.19. The summed E-state index contributed by atoms with van der Waals surface area (Å²) in [5, 5.41) is 3.42. The van der Waals surface area contributed by atoms with Crippen LogP contribution in [0, 0.1) is 0 Å². The molecule has 0 spiro atoms. The Morgan fingerprint density at radius 1 is 1.08 bits per heavy atom. The molecule has 0 saturated carbocycles. The van der Waals surface area contributed by atoms with Gasteiger partial charge in [0.2, 0.25) is 0 Å². The first kappa shape index (κ1) is 20.3. The molecule has 2 rings (SSSR count). The van der Waals surface area contributed by atoms with Gasteiger partial charge in [-0.05, 0) is 49.3 Å². The van der Waals surface area contributed by atoms with E-state index < -0.39 is 6.10 Å². The van der Waals surface area contributed by atoms with E-state index in [1.165, 1.54) is 5.56 Å². The third-order valence-corrected chi connectivity index (χ3v) is 4.60. The standard InChI is InChI=1S/C21H27ClN2O2/c1-4-19(26-20-10-8-7-9-18(20)22)21(25)23-17-13-11-16(12-14-17)15-24(5-2)6-3/h7-14,19H,4-6,15H2,1-3H3,(H,23,25)/t19-/m1/s1. The van der Waals surface area contributed by atoms with Crippen LogP contribution in [0.1, 0.15) is 32.8 Å². The van der Waals surface area contributed by atoms with E-state index in [1.54, 1.807) is 12.1 Å². The third kappa shape index (κ3) is 5.75. The Hall–Kier alpha value is -2.04. The molecule has 1 atom stereocenters. The lowest BCUT2D eigenvalue weighted by molar-refractivity contribution is -0.122. The van der Waals surface area contributed by atoms with Gasteiger partial charge in [-0.15, -0.1) is 0 Å². The van der Waals surface area contributed by atoms with Gasteiger partial charge >= 0.3 is 0 Å². The maximum absolute atomic E-state index is 12.5. The van der Waals surface area contributed by atoms with E-state index in [0.717, 1.165) is 25.3 Å². The van der Waals surface area contributed by atoms with Crippen LogP contribution in [0.4, 0.5) is 5.69 Å². The molecular formula is C21H27ClN2O2. The predicted octanol–water partition coefficient (Wildman–Crippen LogP) is 4.98. The second-order valence-corrected chi connectivity index (χ2v) is 6.50. The van der Waals surface area contributed by atoms with Crippen molar-refractivity contribution in [3.05, 3.63) is 59.1 Å². The fourth-order valence-corrected chi connectivity index (χ4v) is 2.82.